The number of rotatable bonds is 9. The molecule has 0 radical (unpaired) electrons. The SMILES string of the molecule is C=C(F)C(=O)Nc1cc2c(Nc3ccc(F)c(Cl)c3)ncnc2cc1OCCCN1CCN(C)CC1. The highest BCUT2D eigenvalue weighted by Gasteiger charge is 2.17. The molecule has 0 unspecified atom stereocenters. The van der Waals surface area contributed by atoms with Crippen LogP contribution in [0.25, 0.3) is 10.9 Å². The van der Waals surface area contributed by atoms with E-state index < -0.39 is 17.6 Å². The van der Waals surface area contributed by atoms with Crippen LogP contribution in [0.15, 0.2) is 49.1 Å². The average Bonchev–Trinajstić information content (AvgIpc) is 2.85. The van der Waals surface area contributed by atoms with E-state index in [1.165, 1.54) is 24.5 Å². The zero-order valence-electron chi connectivity index (χ0n) is 19.9. The third-order valence-electron chi connectivity index (χ3n) is 5.89. The van der Waals surface area contributed by atoms with Crippen molar-refractivity contribution in [2.24, 2.45) is 0 Å². The Morgan fingerprint density at radius 2 is 1.97 bits per heavy atom. The van der Waals surface area contributed by atoms with Crippen molar-refractivity contribution in [2.45, 2.75) is 6.42 Å². The number of fused-ring (bicyclic) bond motifs is 1. The number of nitrogens with zero attached hydrogens (tertiary/aromatic N) is 4. The van der Waals surface area contributed by atoms with Crippen molar-refractivity contribution in [3.8, 4) is 5.75 Å². The fraction of sp³-hybridized carbons (Fsp3) is 0.320. The molecule has 1 aromatic heterocycles. The van der Waals surface area contributed by atoms with Crippen LogP contribution in [0, 0.1) is 5.82 Å². The van der Waals surface area contributed by atoms with Gasteiger partial charge in [-0.25, -0.2) is 18.7 Å². The van der Waals surface area contributed by atoms with Gasteiger partial charge in [-0.15, -0.1) is 0 Å². The molecule has 1 aliphatic rings. The van der Waals surface area contributed by atoms with Gasteiger partial charge in [0.15, 0.2) is 5.83 Å². The molecule has 36 heavy (non-hydrogen) atoms. The van der Waals surface area contributed by atoms with Crippen molar-refractivity contribution in [3.63, 3.8) is 0 Å². The summed E-state index contributed by atoms with van der Waals surface area (Å²) in [6.07, 6.45) is 2.15. The fourth-order valence-electron chi connectivity index (χ4n) is 3.84. The summed E-state index contributed by atoms with van der Waals surface area (Å²) in [5, 5.41) is 6.06. The first-order valence-electron chi connectivity index (χ1n) is 11.5. The van der Waals surface area contributed by atoms with Crippen LogP contribution in [0.4, 0.5) is 26.0 Å². The van der Waals surface area contributed by atoms with Gasteiger partial charge in [-0.1, -0.05) is 18.2 Å². The van der Waals surface area contributed by atoms with Gasteiger partial charge < -0.3 is 25.2 Å². The van der Waals surface area contributed by atoms with E-state index in [0.717, 1.165) is 39.1 Å². The number of aromatic nitrogens is 2. The Morgan fingerprint density at radius 3 is 2.69 bits per heavy atom. The molecule has 1 amide bonds. The number of carbonyl (C=O) groups excluding carboxylic acids is 1. The molecule has 8 nitrogen and oxygen atoms in total. The summed E-state index contributed by atoms with van der Waals surface area (Å²) < 4.78 is 33.0. The van der Waals surface area contributed by atoms with E-state index in [-0.39, 0.29) is 10.7 Å². The van der Waals surface area contributed by atoms with E-state index in [4.69, 9.17) is 16.3 Å². The second-order valence-corrected chi connectivity index (χ2v) is 8.95. The minimum atomic E-state index is -1.13. The smallest absolute Gasteiger partial charge is 0.283 e. The van der Waals surface area contributed by atoms with Crippen molar-refractivity contribution in [3.05, 3.63) is 59.9 Å². The first-order chi connectivity index (χ1) is 17.3. The van der Waals surface area contributed by atoms with Gasteiger partial charge in [0.1, 0.15) is 23.7 Å². The van der Waals surface area contributed by atoms with Gasteiger partial charge in [-0.3, -0.25) is 4.79 Å². The van der Waals surface area contributed by atoms with Gasteiger partial charge in [0.25, 0.3) is 5.91 Å². The molecule has 2 aromatic carbocycles. The molecule has 11 heteroatoms. The number of hydrogen-bond acceptors (Lipinski definition) is 7. The van der Waals surface area contributed by atoms with E-state index in [2.05, 4.69) is 44.0 Å². The van der Waals surface area contributed by atoms with Crippen molar-refractivity contribution in [2.75, 3.05) is 57.0 Å². The molecule has 2 heterocycles. The fourth-order valence-corrected chi connectivity index (χ4v) is 4.02. The lowest BCUT2D eigenvalue weighted by Gasteiger charge is -2.32. The highest BCUT2D eigenvalue weighted by atomic mass is 35.5. The molecular formula is C25H27ClF2N6O2. The Kier molecular flexibility index (Phi) is 8.29. The summed E-state index contributed by atoms with van der Waals surface area (Å²) in [5.74, 6) is -1.91. The predicted octanol–water partition coefficient (Wildman–Crippen LogP) is 4.60. The van der Waals surface area contributed by atoms with Crippen molar-refractivity contribution >= 4 is 45.6 Å². The molecule has 2 N–H and O–H groups in total. The van der Waals surface area contributed by atoms with Crippen molar-refractivity contribution in [1.82, 2.24) is 19.8 Å². The normalized spacial score (nSPS) is 14.6. The molecular weight excluding hydrogens is 490 g/mol. The quantitative estimate of drug-likeness (QED) is 0.317. The molecule has 0 bridgehead atoms. The number of nitrogens with one attached hydrogen (secondary N) is 2. The van der Waals surface area contributed by atoms with E-state index in [1.54, 1.807) is 12.1 Å². The highest BCUT2D eigenvalue weighted by Crippen LogP contribution is 2.34. The summed E-state index contributed by atoms with van der Waals surface area (Å²) in [6, 6.07) is 7.44. The Hall–Kier alpha value is -3.34. The van der Waals surface area contributed by atoms with Crippen LogP contribution in [0.1, 0.15) is 6.42 Å². The summed E-state index contributed by atoms with van der Waals surface area (Å²) in [7, 11) is 2.11. The van der Waals surface area contributed by atoms with Crippen molar-refractivity contribution < 1.29 is 18.3 Å². The molecule has 1 saturated heterocycles. The molecule has 0 spiro atoms. The minimum absolute atomic E-state index is 0.0416. The number of piperazine rings is 1. The first kappa shape index (κ1) is 25.7. The lowest BCUT2D eigenvalue weighted by Crippen LogP contribution is -2.44. The molecule has 1 aliphatic heterocycles. The molecule has 1 fully saturated rings. The van der Waals surface area contributed by atoms with Crippen LogP contribution < -0.4 is 15.4 Å². The third kappa shape index (κ3) is 6.45. The van der Waals surface area contributed by atoms with Gasteiger partial charge >= 0.3 is 0 Å². The molecule has 0 aliphatic carbocycles. The lowest BCUT2D eigenvalue weighted by atomic mass is 10.1. The number of anilines is 3. The Morgan fingerprint density at radius 1 is 1.19 bits per heavy atom. The van der Waals surface area contributed by atoms with Gasteiger partial charge in [0.05, 0.1) is 22.8 Å². The lowest BCUT2D eigenvalue weighted by molar-refractivity contribution is -0.114. The van der Waals surface area contributed by atoms with Crippen LogP contribution >= 0.6 is 11.6 Å². The number of benzene rings is 2. The number of hydrogen-bond donors (Lipinski definition) is 2. The molecule has 0 saturated carbocycles. The second-order valence-electron chi connectivity index (χ2n) is 8.55. The van der Waals surface area contributed by atoms with E-state index >= 15 is 0 Å². The summed E-state index contributed by atoms with van der Waals surface area (Å²) in [4.78, 5) is 25.3. The summed E-state index contributed by atoms with van der Waals surface area (Å²) in [6.45, 7) is 8.45. The van der Waals surface area contributed by atoms with Crippen LogP contribution in [0.3, 0.4) is 0 Å². The Bertz CT molecular complexity index is 1270. The maximum absolute atomic E-state index is 13.5. The summed E-state index contributed by atoms with van der Waals surface area (Å²) in [5.41, 5.74) is 1.29. The van der Waals surface area contributed by atoms with E-state index in [1.807, 2.05) is 0 Å². The van der Waals surface area contributed by atoms with Crippen molar-refractivity contribution in [1.29, 1.82) is 0 Å². The zero-order chi connectivity index (χ0) is 25.7. The van der Waals surface area contributed by atoms with Gasteiger partial charge in [-0.2, -0.15) is 0 Å². The topological polar surface area (TPSA) is 82.6 Å². The van der Waals surface area contributed by atoms with Gasteiger partial charge in [-0.05, 0) is 37.7 Å². The number of carbonyl (C=O) groups is 1. The number of amides is 1. The van der Waals surface area contributed by atoms with E-state index in [9.17, 15) is 13.6 Å². The number of likely N-dealkylation sites (N-methyl/N-ethyl adjacent to an activating group) is 1. The number of ether oxygens (including phenoxy) is 1. The third-order valence-corrected chi connectivity index (χ3v) is 6.18. The maximum atomic E-state index is 13.5. The Labute approximate surface area is 212 Å². The highest BCUT2D eigenvalue weighted by molar-refractivity contribution is 6.31. The van der Waals surface area contributed by atoms with Gasteiger partial charge in [0, 0.05) is 49.9 Å². The maximum Gasteiger partial charge on any atom is 0.283 e. The monoisotopic (exact) mass is 516 g/mol. The Balaban J connectivity index is 1.55. The minimum Gasteiger partial charge on any atom is -0.491 e. The predicted molar refractivity (Wildman–Crippen MR) is 137 cm³/mol. The zero-order valence-corrected chi connectivity index (χ0v) is 20.6. The molecule has 190 valence electrons. The molecule has 4 rings (SSSR count). The summed E-state index contributed by atoms with van der Waals surface area (Å²) >= 11 is 5.89. The second kappa shape index (κ2) is 11.6. The largest absolute Gasteiger partial charge is 0.491 e. The molecule has 3 aromatic rings. The standard InChI is InChI=1S/C25H27ClF2N6O2/c1-16(27)25(35)32-22-13-18-21(14-23(22)36-11-3-6-34-9-7-33(2)8-10-34)29-15-30-24(18)31-17-4-5-20(28)19(26)12-17/h4-5,12-15H,1,3,6-11H2,2H3,(H,32,35)(H,29,30,31). The van der Waals surface area contributed by atoms with E-state index in [0.29, 0.717) is 34.8 Å². The van der Waals surface area contributed by atoms with Crippen LogP contribution in [-0.4, -0.2) is 72.1 Å². The molecule has 0 atom stereocenters. The van der Waals surface area contributed by atoms with Crippen LogP contribution in [0.5, 0.6) is 5.75 Å². The average molecular weight is 517 g/mol. The first-order valence-corrected chi connectivity index (χ1v) is 11.9. The van der Waals surface area contributed by atoms with Crippen LogP contribution in [-0.2, 0) is 4.79 Å². The number of halogens is 3. The van der Waals surface area contributed by atoms with Gasteiger partial charge in [0.2, 0.25) is 0 Å². The van der Waals surface area contributed by atoms with Crippen LogP contribution in [0.2, 0.25) is 5.02 Å².